The molecule has 6 nitrogen and oxygen atoms in total. The molecule has 0 fully saturated rings. The summed E-state index contributed by atoms with van der Waals surface area (Å²) in [4.78, 5) is 19.8. The Labute approximate surface area is 111 Å². The van der Waals surface area contributed by atoms with E-state index < -0.39 is 5.97 Å². The van der Waals surface area contributed by atoms with Crippen molar-refractivity contribution in [2.24, 2.45) is 0 Å². The van der Waals surface area contributed by atoms with Crippen LogP contribution < -0.4 is 5.73 Å². The van der Waals surface area contributed by atoms with E-state index in [9.17, 15) is 4.79 Å². The van der Waals surface area contributed by atoms with E-state index in [1.807, 2.05) is 13.0 Å². The number of aromatic nitrogens is 3. The molecule has 2 aromatic heterocycles. The number of carbonyl (C=O) groups is 1. The van der Waals surface area contributed by atoms with Crippen LogP contribution >= 0.6 is 0 Å². The smallest absolute Gasteiger partial charge is 0.360 e. The fourth-order valence-corrected chi connectivity index (χ4v) is 1.86. The summed E-state index contributed by atoms with van der Waals surface area (Å²) in [7, 11) is 1.31. The summed E-state index contributed by atoms with van der Waals surface area (Å²) in [5, 5.41) is 0. The maximum Gasteiger partial charge on any atom is 0.360 e. The number of anilines is 1. The maximum absolute atomic E-state index is 11.5. The first-order chi connectivity index (χ1) is 9.04. The van der Waals surface area contributed by atoms with Crippen LogP contribution in [0.4, 0.5) is 5.82 Å². The van der Waals surface area contributed by atoms with Crippen molar-refractivity contribution in [1.82, 2.24) is 14.5 Å². The molecular formula is C13H16N4O2. The average molecular weight is 260 g/mol. The third kappa shape index (κ3) is 2.42. The van der Waals surface area contributed by atoms with Crippen LogP contribution in [0.15, 0.2) is 18.5 Å². The summed E-state index contributed by atoms with van der Waals surface area (Å²) in [5.74, 6) is 0.455. The second kappa shape index (κ2) is 5.09. The highest BCUT2D eigenvalue weighted by Gasteiger charge is 2.19. The first kappa shape index (κ1) is 13.1. The molecule has 0 saturated carbocycles. The SMILES string of the molecule is COC(=O)c1nc(C)n(Cc2cnccc2C)c1N. The zero-order chi connectivity index (χ0) is 14.0. The van der Waals surface area contributed by atoms with Crippen LogP contribution in [0.1, 0.15) is 27.4 Å². The van der Waals surface area contributed by atoms with E-state index in [2.05, 4.69) is 14.7 Å². The van der Waals surface area contributed by atoms with E-state index in [-0.39, 0.29) is 5.69 Å². The molecule has 6 heteroatoms. The zero-order valence-electron chi connectivity index (χ0n) is 11.2. The van der Waals surface area contributed by atoms with Crippen molar-refractivity contribution >= 4 is 11.8 Å². The number of methoxy groups -OCH3 is 1. The maximum atomic E-state index is 11.5. The molecule has 0 atom stereocenters. The Morgan fingerprint density at radius 1 is 1.47 bits per heavy atom. The summed E-state index contributed by atoms with van der Waals surface area (Å²) >= 11 is 0. The molecule has 2 N–H and O–H groups in total. The van der Waals surface area contributed by atoms with Crippen LogP contribution in [0.3, 0.4) is 0 Å². The molecule has 2 rings (SSSR count). The summed E-state index contributed by atoms with van der Waals surface area (Å²) < 4.78 is 6.43. The number of imidazole rings is 1. The van der Waals surface area contributed by atoms with Gasteiger partial charge in [-0.2, -0.15) is 0 Å². The Kier molecular flexibility index (Phi) is 3.50. The van der Waals surface area contributed by atoms with Gasteiger partial charge in [0.1, 0.15) is 11.6 Å². The van der Waals surface area contributed by atoms with Gasteiger partial charge in [-0.15, -0.1) is 0 Å². The minimum absolute atomic E-state index is 0.154. The van der Waals surface area contributed by atoms with Crippen LogP contribution in [0.5, 0.6) is 0 Å². The van der Waals surface area contributed by atoms with Crippen molar-refractivity contribution in [3.8, 4) is 0 Å². The van der Waals surface area contributed by atoms with Crippen LogP contribution in [-0.2, 0) is 11.3 Å². The molecule has 2 heterocycles. The summed E-state index contributed by atoms with van der Waals surface area (Å²) in [6.45, 7) is 4.33. The molecule has 19 heavy (non-hydrogen) atoms. The number of nitrogen functional groups attached to an aromatic ring is 1. The molecule has 0 unspecified atom stereocenters. The van der Waals surface area contributed by atoms with Gasteiger partial charge in [-0.25, -0.2) is 9.78 Å². The molecule has 0 amide bonds. The van der Waals surface area contributed by atoms with Gasteiger partial charge < -0.3 is 15.0 Å². The molecule has 0 radical (unpaired) electrons. The Bertz CT molecular complexity index is 619. The molecule has 0 aliphatic carbocycles. The average Bonchev–Trinajstić information content (AvgIpc) is 2.68. The predicted molar refractivity (Wildman–Crippen MR) is 70.8 cm³/mol. The topological polar surface area (TPSA) is 83.0 Å². The molecule has 0 saturated heterocycles. The summed E-state index contributed by atoms with van der Waals surface area (Å²) in [6.07, 6.45) is 3.52. The van der Waals surface area contributed by atoms with Crippen molar-refractivity contribution < 1.29 is 9.53 Å². The van der Waals surface area contributed by atoms with Gasteiger partial charge in [0.25, 0.3) is 0 Å². The van der Waals surface area contributed by atoms with Crippen LogP contribution in [0.2, 0.25) is 0 Å². The Morgan fingerprint density at radius 3 is 2.84 bits per heavy atom. The van der Waals surface area contributed by atoms with E-state index in [0.29, 0.717) is 18.2 Å². The lowest BCUT2D eigenvalue weighted by molar-refractivity contribution is 0.0595. The number of carbonyl (C=O) groups excluding carboxylic acids is 1. The minimum Gasteiger partial charge on any atom is -0.464 e. The standard InChI is InChI=1S/C13H16N4O2/c1-8-4-5-15-6-10(8)7-17-9(2)16-11(12(17)14)13(18)19-3/h4-6H,7,14H2,1-3H3. The van der Waals surface area contributed by atoms with Crippen molar-refractivity contribution in [3.63, 3.8) is 0 Å². The lowest BCUT2D eigenvalue weighted by atomic mass is 10.1. The molecular weight excluding hydrogens is 244 g/mol. The highest BCUT2D eigenvalue weighted by Crippen LogP contribution is 2.18. The van der Waals surface area contributed by atoms with Gasteiger partial charge in [-0.3, -0.25) is 4.98 Å². The fourth-order valence-electron chi connectivity index (χ4n) is 1.86. The van der Waals surface area contributed by atoms with Crippen molar-refractivity contribution in [2.45, 2.75) is 20.4 Å². The number of pyridine rings is 1. The van der Waals surface area contributed by atoms with Crippen LogP contribution in [0.25, 0.3) is 0 Å². The molecule has 0 aliphatic heterocycles. The molecule has 0 aliphatic rings. The largest absolute Gasteiger partial charge is 0.464 e. The number of nitrogens with two attached hydrogens (primary N) is 1. The zero-order valence-corrected chi connectivity index (χ0v) is 11.2. The number of aryl methyl sites for hydroxylation is 2. The third-order valence-corrected chi connectivity index (χ3v) is 3.05. The van der Waals surface area contributed by atoms with E-state index >= 15 is 0 Å². The molecule has 0 bridgehead atoms. The van der Waals surface area contributed by atoms with Gasteiger partial charge in [-0.05, 0) is 31.0 Å². The number of nitrogens with zero attached hydrogens (tertiary/aromatic N) is 3. The van der Waals surface area contributed by atoms with Crippen molar-refractivity contribution in [3.05, 3.63) is 41.1 Å². The number of esters is 1. The quantitative estimate of drug-likeness (QED) is 0.841. The summed E-state index contributed by atoms with van der Waals surface area (Å²) in [5.41, 5.74) is 8.26. The van der Waals surface area contributed by atoms with Crippen LogP contribution in [0, 0.1) is 13.8 Å². The number of hydrogen-bond donors (Lipinski definition) is 1. The highest BCUT2D eigenvalue weighted by molar-refractivity contribution is 5.92. The van der Waals surface area contributed by atoms with Crippen molar-refractivity contribution in [1.29, 1.82) is 0 Å². The summed E-state index contributed by atoms with van der Waals surface area (Å²) in [6, 6.07) is 1.93. The van der Waals surface area contributed by atoms with Gasteiger partial charge in [0, 0.05) is 12.4 Å². The van der Waals surface area contributed by atoms with Crippen molar-refractivity contribution in [2.75, 3.05) is 12.8 Å². The first-order valence-corrected chi connectivity index (χ1v) is 5.85. The number of hydrogen-bond acceptors (Lipinski definition) is 5. The van der Waals surface area contributed by atoms with E-state index in [4.69, 9.17) is 5.73 Å². The minimum atomic E-state index is -0.526. The van der Waals surface area contributed by atoms with E-state index in [1.165, 1.54) is 7.11 Å². The van der Waals surface area contributed by atoms with Gasteiger partial charge in [-0.1, -0.05) is 0 Å². The van der Waals surface area contributed by atoms with E-state index in [0.717, 1.165) is 11.1 Å². The second-order valence-electron chi connectivity index (χ2n) is 4.27. The van der Waals surface area contributed by atoms with Gasteiger partial charge in [0.05, 0.1) is 13.7 Å². The number of ether oxygens (including phenoxy) is 1. The Hall–Kier alpha value is -2.37. The lowest BCUT2D eigenvalue weighted by Gasteiger charge is -2.09. The van der Waals surface area contributed by atoms with E-state index in [1.54, 1.807) is 23.9 Å². The fraction of sp³-hybridized carbons (Fsp3) is 0.308. The van der Waals surface area contributed by atoms with Gasteiger partial charge >= 0.3 is 5.97 Å². The first-order valence-electron chi connectivity index (χ1n) is 5.85. The molecule has 100 valence electrons. The van der Waals surface area contributed by atoms with Gasteiger partial charge in [0.2, 0.25) is 0 Å². The predicted octanol–water partition coefficient (Wildman–Crippen LogP) is 1.31. The monoisotopic (exact) mass is 260 g/mol. The third-order valence-electron chi connectivity index (χ3n) is 3.05. The Balaban J connectivity index is 2.39. The lowest BCUT2D eigenvalue weighted by Crippen LogP contribution is -2.10. The molecule has 0 aromatic carbocycles. The second-order valence-corrected chi connectivity index (χ2v) is 4.27. The highest BCUT2D eigenvalue weighted by atomic mass is 16.5. The van der Waals surface area contributed by atoms with Crippen LogP contribution in [-0.4, -0.2) is 27.6 Å². The molecule has 2 aromatic rings. The Morgan fingerprint density at radius 2 is 2.21 bits per heavy atom. The van der Waals surface area contributed by atoms with Gasteiger partial charge in [0.15, 0.2) is 5.69 Å². The molecule has 0 spiro atoms. The normalized spacial score (nSPS) is 10.5. The number of rotatable bonds is 3.